The van der Waals surface area contributed by atoms with Gasteiger partial charge in [0.15, 0.2) is 0 Å². The number of nitrogens with one attached hydrogen (secondary N) is 2. The van der Waals surface area contributed by atoms with Crippen molar-refractivity contribution in [3.63, 3.8) is 0 Å². The summed E-state index contributed by atoms with van der Waals surface area (Å²) in [7, 11) is 0. The van der Waals surface area contributed by atoms with Gasteiger partial charge in [-0.15, -0.1) is 0 Å². The van der Waals surface area contributed by atoms with Crippen LogP contribution in [0.2, 0.25) is 0 Å². The molecule has 0 saturated carbocycles. The SMILES string of the molecule is CCNC1COCC1C(=O)Nc1cnn(CC(N)=O)c1. The average molecular weight is 281 g/mol. The molecule has 2 heterocycles. The Morgan fingerprint density at radius 3 is 3.05 bits per heavy atom. The number of ether oxygens (including phenoxy) is 1. The number of carbonyl (C=O) groups excluding carboxylic acids is 2. The van der Waals surface area contributed by atoms with Crippen LogP contribution in [0.3, 0.4) is 0 Å². The summed E-state index contributed by atoms with van der Waals surface area (Å²) >= 11 is 0. The largest absolute Gasteiger partial charge is 0.379 e. The highest BCUT2D eigenvalue weighted by Crippen LogP contribution is 2.16. The molecule has 8 heteroatoms. The van der Waals surface area contributed by atoms with E-state index in [1.807, 2.05) is 6.92 Å². The first-order chi connectivity index (χ1) is 9.60. The van der Waals surface area contributed by atoms with Gasteiger partial charge in [0.1, 0.15) is 6.54 Å². The summed E-state index contributed by atoms with van der Waals surface area (Å²) in [6, 6.07) is 0.0284. The summed E-state index contributed by atoms with van der Waals surface area (Å²) in [5.41, 5.74) is 5.61. The van der Waals surface area contributed by atoms with E-state index in [9.17, 15) is 9.59 Å². The number of hydrogen-bond donors (Lipinski definition) is 3. The molecule has 0 spiro atoms. The van der Waals surface area contributed by atoms with Crippen LogP contribution in [0.15, 0.2) is 12.4 Å². The van der Waals surface area contributed by atoms with Gasteiger partial charge in [0, 0.05) is 12.2 Å². The van der Waals surface area contributed by atoms with Crippen LogP contribution in [0.5, 0.6) is 0 Å². The second-order valence-corrected chi connectivity index (χ2v) is 4.69. The summed E-state index contributed by atoms with van der Waals surface area (Å²) in [6.07, 6.45) is 3.06. The third-order valence-electron chi connectivity index (χ3n) is 3.10. The van der Waals surface area contributed by atoms with E-state index in [0.717, 1.165) is 6.54 Å². The van der Waals surface area contributed by atoms with Gasteiger partial charge >= 0.3 is 0 Å². The van der Waals surface area contributed by atoms with Gasteiger partial charge < -0.3 is 21.1 Å². The van der Waals surface area contributed by atoms with E-state index in [0.29, 0.717) is 18.9 Å². The summed E-state index contributed by atoms with van der Waals surface area (Å²) in [5.74, 6) is -0.830. The van der Waals surface area contributed by atoms with Crippen molar-refractivity contribution < 1.29 is 14.3 Å². The average Bonchev–Trinajstić information content (AvgIpc) is 2.98. The molecule has 4 N–H and O–H groups in total. The minimum atomic E-state index is -0.484. The van der Waals surface area contributed by atoms with Crippen LogP contribution in [0.25, 0.3) is 0 Å². The van der Waals surface area contributed by atoms with Crippen LogP contribution in [0.4, 0.5) is 5.69 Å². The molecule has 0 aliphatic carbocycles. The smallest absolute Gasteiger partial charge is 0.239 e. The molecule has 1 aliphatic rings. The van der Waals surface area contributed by atoms with Crippen molar-refractivity contribution in [1.82, 2.24) is 15.1 Å². The van der Waals surface area contributed by atoms with Gasteiger partial charge in [-0.1, -0.05) is 6.92 Å². The molecule has 8 nitrogen and oxygen atoms in total. The van der Waals surface area contributed by atoms with E-state index in [2.05, 4.69) is 15.7 Å². The fourth-order valence-electron chi connectivity index (χ4n) is 2.19. The van der Waals surface area contributed by atoms with Crippen LogP contribution in [0.1, 0.15) is 6.92 Å². The van der Waals surface area contributed by atoms with Crippen molar-refractivity contribution in [1.29, 1.82) is 0 Å². The Hall–Kier alpha value is -1.93. The van der Waals surface area contributed by atoms with Crippen LogP contribution >= 0.6 is 0 Å². The van der Waals surface area contributed by atoms with Gasteiger partial charge in [0.2, 0.25) is 11.8 Å². The Kier molecular flexibility index (Phi) is 4.70. The Morgan fingerprint density at radius 2 is 2.35 bits per heavy atom. The molecule has 2 atom stereocenters. The predicted octanol–water partition coefficient (Wildman–Crippen LogP) is -1.07. The molecule has 1 saturated heterocycles. The molecule has 0 bridgehead atoms. The Morgan fingerprint density at radius 1 is 1.55 bits per heavy atom. The molecule has 2 amide bonds. The number of aromatic nitrogens is 2. The summed E-state index contributed by atoms with van der Waals surface area (Å²) < 4.78 is 6.71. The number of hydrogen-bond acceptors (Lipinski definition) is 5. The van der Waals surface area contributed by atoms with E-state index >= 15 is 0 Å². The second-order valence-electron chi connectivity index (χ2n) is 4.69. The highest BCUT2D eigenvalue weighted by molar-refractivity contribution is 5.93. The Bertz CT molecular complexity index is 487. The molecule has 1 aromatic heterocycles. The van der Waals surface area contributed by atoms with E-state index in [1.165, 1.54) is 10.9 Å². The number of amides is 2. The van der Waals surface area contributed by atoms with Crippen molar-refractivity contribution in [3.05, 3.63) is 12.4 Å². The summed E-state index contributed by atoms with van der Waals surface area (Å²) in [6.45, 7) is 3.70. The quantitative estimate of drug-likeness (QED) is 0.615. The molecule has 110 valence electrons. The zero-order chi connectivity index (χ0) is 14.5. The molecule has 2 rings (SSSR count). The lowest BCUT2D eigenvalue weighted by Gasteiger charge is -2.17. The van der Waals surface area contributed by atoms with Crippen LogP contribution in [-0.4, -0.2) is 47.4 Å². The number of primary amides is 1. The molecule has 1 aliphatic heterocycles. The van der Waals surface area contributed by atoms with Crippen molar-refractivity contribution in [3.8, 4) is 0 Å². The number of anilines is 1. The van der Waals surface area contributed by atoms with Crippen molar-refractivity contribution in [2.45, 2.75) is 19.5 Å². The van der Waals surface area contributed by atoms with Crippen LogP contribution < -0.4 is 16.4 Å². The molecule has 0 radical (unpaired) electrons. The summed E-state index contributed by atoms with van der Waals surface area (Å²) in [4.78, 5) is 22.9. The second kappa shape index (κ2) is 6.49. The maximum Gasteiger partial charge on any atom is 0.239 e. The number of nitrogens with two attached hydrogens (primary N) is 1. The van der Waals surface area contributed by atoms with E-state index in [4.69, 9.17) is 10.5 Å². The number of nitrogens with zero attached hydrogens (tertiary/aromatic N) is 2. The highest BCUT2D eigenvalue weighted by Gasteiger charge is 2.33. The molecular formula is C12H19N5O3. The minimum absolute atomic E-state index is 0.0115. The number of carbonyl (C=O) groups is 2. The lowest BCUT2D eigenvalue weighted by Crippen LogP contribution is -2.41. The number of rotatable bonds is 6. The lowest BCUT2D eigenvalue weighted by molar-refractivity contribution is -0.120. The first-order valence-corrected chi connectivity index (χ1v) is 6.53. The Labute approximate surface area is 116 Å². The molecule has 0 aromatic carbocycles. The molecule has 1 fully saturated rings. The molecule has 20 heavy (non-hydrogen) atoms. The maximum absolute atomic E-state index is 12.2. The zero-order valence-electron chi connectivity index (χ0n) is 11.3. The van der Waals surface area contributed by atoms with Gasteiger partial charge in [-0.3, -0.25) is 14.3 Å². The van der Waals surface area contributed by atoms with Crippen molar-refractivity contribution >= 4 is 17.5 Å². The predicted molar refractivity (Wildman–Crippen MR) is 71.8 cm³/mol. The first kappa shape index (κ1) is 14.5. The van der Waals surface area contributed by atoms with Gasteiger partial charge in [0.05, 0.1) is 31.0 Å². The fourth-order valence-corrected chi connectivity index (χ4v) is 2.19. The van der Waals surface area contributed by atoms with E-state index in [-0.39, 0.29) is 24.4 Å². The monoisotopic (exact) mass is 281 g/mol. The van der Waals surface area contributed by atoms with E-state index < -0.39 is 5.91 Å². The molecule has 1 aromatic rings. The van der Waals surface area contributed by atoms with Crippen molar-refractivity contribution in [2.24, 2.45) is 11.7 Å². The first-order valence-electron chi connectivity index (χ1n) is 6.53. The van der Waals surface area contributed by atoms with Gasteiger partial charge in [-0.2, -0.15) is 5.10 Å². The minimum Gasteiger partial charge on any atom is -0.379 e. The van der Waals surface area contributed by atoms with Crippen LogP contribution in [-0.2, 0) is 20.9 Å². The fraction of sp³-hybridized carbons (Fsp3) is 0.583. The van der Waals surface area contributed by atoms with Gasteiger partial charge in [0.25, 0.3) is 0 Å². The lowest BCUT2D eigenvalue weighted by atomic mass is 10.0. The third kappa shape index (κ3) is 3.55. The number of likely N-dealkylation sites (N-methyl/N-ethyl adjacent to an activating group) is 1. The zero-order valence-corrected chi connectivity index (χ0v) is 11.3. The van der Waals surface area contributed by atoms with Crippen LogP contribution in [0, 0.1) is 5.92 Å². The summed E-state index contributed by atoms with van der Waals surface area (Å²) in [5, 5.41) is 9.94. The van der Waals surface area contributed by atoms with E-state index in [1.54, 1.807) is 6.20 Å². The Balaban J connectivity index is 1.93. The van der Waals surface area contributed by atoms with Gasteiger partial charge in [-0.05, 0) is 6.54 Å². The highest BCUT2D eigenvalue weighted by atomic mass is 16.5. The topological polar surface area (TPSA) is 111 Å². The molecule has 2 unspecified atom stereocenters. The maximum atomic E-state index is 12.2. The molecular weight excluding hydrogens is 262 g/mol. The van der Waals surface area contributed by atoms with Gasteiger partial charge in [-0.25, -0.2) is 0 Å². The van der Waals surface area contributed by atoms with Crippen molar-refractivity contribution in [2.75, 3.05) is 25.1 Å². The normalized spacial score (nSPS) is 21.9. The standard InChI is InChI=1S/C12H19N5O3/c1-2-14-10-7-20-6-9(10)12(19)16-8-3-15-17(4-8)5-11(13)18/h3-4,9-10,14H,2,5-7H2,1H3,(H2,13,18)(H,16,19). The third-order valence-corrected chi connectivity index (χ3v) is 3.10.